The highest BCUT2D eigenvalue weighted by atomic mass is 32.2. The molecule has 0 saturated carbocycles. The van der Waals surface area contributed by atoms with Crippen LogP contribution in [-0.4, -0.2) is 154 Å². The Morgan fingerprint density at radius 3 is 2.38 bits per heavy atom. The number of carboxylic acid groups (broad SMARTS) is 1. The number of amides is 7. The molecular formula is C41H74N10O11S2Si. The number of urea groups is 1. The topological polar surface area (TPSA) is 300 Å². The largest absolute Gasteiger partial charge is 0.480 e. The first-order valence-corrected chi connectivity index (χ1v) is 26.1. The predicted octanol–water partition coefficient (Wildman–Crippen LogP) is 2.15. The number of azide groups is 1. The highest BCUT2D eigenvalue weighted by molar-refractivity contribution is 8.00. The molecule has 0 aromatic carbocycles. The molecule has 0 aromatic rings. The van der Waals surface area contributed by atoms with E-state index in [-0.39, 0.29) is 80.2 Å². The number of hydrogen-bond donors (Lipinski definition) is 8. The number of carbonyl (C=O) groups is 7. The van der Waals surface area contributed by atoms with Gasteiger partial charge >= 0.3 is 22.0 Å². The molecule has 0 radical (unpaired) electrons. The number of carbonyl (C=O) groups excluding carboxylic acids is 6. The van der Waals surface area contributed by atoms with Gasteiger partial charge in [-0.05, 0) is 82.4 Å². The van der Waals surface area contributed by atoms with Crippen molar-refractivity contribution in [3.05, 3.63) is 10.4 Å². The summed E-state index contributed by atoms with van der Waals surface area (Å²) in [6.07, 6.45) is 6.83. The minimum Gasteiger partial charge on any atom is -0.480 e. The van der Waals surface area contributed by atoms with E-state index in [0.717, 1.165) is 37.2 Å². The third-order valence-corrected chi connectivity index (χ3v) is 14.5. The summed E-state index contributed by atoms with van der Waals surface area (Å²) in [5, 5.41) is 33.1. The summed E-state index contributed by atoms with van der Waals surface area (Å²) in [7, 11) is -1.40. The Kier molecular flexibility index (Phi) is 28.9. The molecule has 0 aromatic heterocycles. The lowest BCUT2D eigenvalue weighted by Crippen LogP contribution is -2.55. The number of carboxylic acids is 1. The average molecular weight is 975 g/mol. The van der Waals surface area contributed by atoms with Crippen molar-refractivity contribution in [1.29, 1.82) is 0 Å². The molecule has 24 heteroatoms. The zero-order chi connectivity index (χ0) is 48.0. The molecule has 3 unspecified atom stereocenters. The maximum Gasteiger partial charge on any atom is 0.326 e. The van der Waals surface area contributed by atoms with Crippen molar-refractivity contribution in [2.45, 2.75) is 153 Å². The number of nitrogens with zero attached hydrogens (tertiary/aromatic N) is 3. The third kappa shape index (κ3) is 25.6. The van der Waals surface area contributed by atoms with Crippen molar-refractivity contribution < 1.29 is 52.3 Å². The van der Waals surface area contributed by atoms with Crippen LogP contribution in [0.4, 0.5) is 4.79 Å². The van der Waals surface area contributed by atoms with Crippen molar-refractivity contribution in [2.75, 3.05) is 56.7 Å². The Morgan fingerprint density at radius 2 is 1.66 bits per heavy atom. The van der Waals surface area contributed by atoms with Crippen LogP contribution < -0.4 is 37.2 Å². The van der Waals surface area contributed by atoms with E-state index in [1.165, 1.54) is 6.92 Å². The first-order chi connectivity index (χ1) is 31.0. The second-order valence-corrected chi connectivity index (χ2v) is 20.5. The molecule has 65 heavy (non-hydrogen) atoms. The van der Waals surface area contributed by atoms with Crippen LogP contribution in [0.1, 0.15) is 112 Å². The third-order valence-electron chi connectivity index (χ3n) is 10.5. The standard InChI is InChI=1S/C41H74N10O11S2Si/c1-27(2)35(46-28(3)52)38(56)48-29(13-9-11-19-45-51-42)37(55)44-20-22-61-65-62-41(4,5)26-60-21-12-23-63-24-17-34(54)47-30(39(57)58)14-8-10-18-43-33(53)16-7-6-15-32-36-31(25-64-32)49-40(59)50-36/h27,29-32,35-36H,6-26,65H2,1-5H3,(H,43,53)(H,44,55)(H,46,52)(H,47,54)(H,48,56)(H,57,58)(H2,49,50,59)/t29-,30-,31?,32?,35-,36?/m1/s1. The number of unbranched alkanes of at least 4 members (excludes halogenated alkanes) is 3. The number of nitrogens with one attached hydrogen (secondary N) is 7. The average Bonchev–Trinajstić information content (AvgIpc) is 3.80. The summed E-state index contributed by atoms with van der Waals surface area (Å²) in [6.45, 7) is 10.7. The number of fused-ring (bicyclic) bond motifs is 1. The van der Waals surface area contributed by atoms with Gasteiger partial charge in [0.05, 0.1) is 30.9 Å². The Bertz CT molecular complexity index is 1560. The lowest BCUT2D eigenvalue weighted by molar-refractivity contribution is -0.142. The molecular weight excluding hydrogens is 901 g/mol. The number of thioether (sulfide) groups is 2. The summed E-state index contributed by atoms with van der Waals surface area (Å²) < 4.78 is 17.4. The Morgan fingerprint density at radius 1 is 0.908 bits per heavy atom. The van der Waals surface area contributed by atoms with E-state index in [1.54, 1.807) is 25.6 Å². The molecule has 2 aliphatic rings. The Hall–Kier alpha value is -3.80. The van der Waals surface area contributed by atoms with E-state index in [9.17, 15) is 38.7 Å². The van der Waals surface area contributed by atoms with Crippen molar-refractivity contribution >= 4 is 75.1 Å². The smallest absolute Gasteiger partial charge is 0.326 e. The second kappa shape index (κ2) is 32.8. The van der Waals surface area contributed by atoms with E-state index < -0.39 is 45.6 Å². The zero-order valence-corrected chi connectivity index (χ0v) is 41.8. The molecule has 0 bridgehead atoms. The molecule has 21 nitrogen and oxygen atoms in total. The highest BCUT2D eigenvalue weighted by Crippen LogP contribution is 2.33. The van der Waals surface area contributed by atoms with Gasteiger partial charge in [-0.2, -0.15) is 23.5 Å². The van der Waals surface area contributed by atoms with Crippen molar-refractivity contribution in [3.8, 4) is 0 Å². The van der Waals surface area contributed by atoms with E-state index in [0.29, 0.717) is 69.3 Å². The van der Waals surface area contributed by atoms with Crippen LogP contribution >= 0.6 is 23.5 Å². The highest BCUT2D eigenvalue weighted by Gasteiger charge is 2.42. The first-order valence-electron chi connectivity index (χ1n) is 22.7. The van der Waals surface area contributed by atoms with Crippen molar-refractivity contribution in [3.63, 3.8) is 0 Å². The molecule has 0 aliphatic carbocycles. The minimum absolute atomic E-state index is 0.0306. The molecule has 7 amide bonds. The van der Waals surface area contributed by atoms with E-state index in [2.05, 4.69) is 47.2 Å². The van der Waals surface area contributed by atoms with Gasteiger partial charge in [-0.1, -0.05) is 31.8 Å². The molecule has 2 rings (SSSR count). The fourth-order valence-electron chi connectivity index (χ4n) is 6.97. The van der Waals surface area contributed by atoms with Crippen LogP contribution in [0.5, 0.6) is 0 Å². The van der Waals surface area contributed by atoms with Crippen molar-refractivity contribution in [1.82, 2.24) is 37.2 Å². The maximum atomic E-state index is 13.0. The monoisotopic (exact) mass is 974 g/mol. The van der Waals surface area contributed by atoms with Crippen LogP contribution in [0.2, 0.25) is 0 Å². The lowest BCUT2D eigenvalue weighted by Gasteiger charge is -2.26. The van der Waals surface area contributed by atoms with Gasteiger partial charge in [0, 0.05) is 67.7 Å². The molecule has 370 valence electrons. The van der Waals surface area contributed by atoms with E-state index in [1.807, 2.05) is 25.6 Å². The number of aliphatic carboxylic acids is 1. The van der Waals surface area contributed by atoms with E-state index >= 15 is 0 Å². The van der Waals surface area contributed by atoms with Crippen LogP contribution in [-0.2, 0) is 42.4 Å². The molecule has 2 saturated heterocycles. The Labute approximate surface area is 394 Å². The van der Waals surface area contributed by atoms with Crippen LogP contribution in [0.3, 0.4) is 0 Å². The quantitative estimate of drug-likeness (QED) is 0.0111. The van der Waals surface area contributed by atoms with Gasteiger partial charge in [-0.15, -0.1) is 0 Å². The second-order valence-electron chi connectivity index (χ2n) is 17.1. The summed E-state index contributed by atoms with van der Waals surface area (Å²) in [5.74, 6) is -0.608. The number of ether oxygens (including phenoxy) is 1. The molecule has 2 heterocycles. The normalized spacial score (nSPS) is 18.2. The van der Waals surface area contributed by atoms with Crippen LogP contribution in [0, 0.1) is 5.92 Å². The fourth-order valence-corrected chi connectivity index (χ4v) is 10.1. The SMILES string of the molecule is CC(=O)N[C@@H](C(=O)N[C@H](CCCCN=[N+]=[N-])C(=O)NCCO[SiH2]OC(C)(C)COCCCSCCC(=O)N[C@H](CCCCNC(=O)CCCCC1SCC2NC(=O)NC21)C(=O)O)C(C)C. The van der Waals surface area contributed by atoms with Gasteiger partial charge in [-0.3, -0.25) is 24.0 Å². The fraction of sp³-hybridized carbons (Fsp3) is 0.829. The van der Waals surface area contributed by atoms with Gasteiger partial charge in [0.25, 0.3) is 0 Å². The summed E-state index contributed by atoms with van der Waals surface area (Å²) >= 11 is 3.45. The van der Waals surface area contributed by atoms with Gasteiger partial charge in [0.15, 0.2) is 0 Å². The summed E-state index contributed by atoms with van der Waals surface area (Å²) in [5.41, 5.74) is 7.92. The Balaban J connectivity index is 1.50. The number of rotatable bonds is 37. The summed E-state index contributed by atoms with van der Waals surface area (Å²) in [4.78, 5) is 88.3. The zero-order valence-electron chi connectivity index (χ0n) is 38.8. The number of hydrogen-bond acceptors (Lipinski definition) is 13. The van der Waals surface area contributed by atoms with Crippen LogP contribution in [0.15, 0.2) is 5.11 Å². The summed E-state index contributed by atoms with van der Waals surface area (Å²) in [6, 6.07) is -2.36. The predicted molar refractivity (Wildman–Crippen MR) is 253 cm³/mol. The van der Waals surface area contributed by atoms with Crippen molar-refractivity contribution in [2.24, 2.45) is 11.0 Å². The first kappa shape index (κ1) is 57.3. The van der Waals surface area contributed by atoms with Gasteiger partial charge < -0.3 is 55.9 Å². The molecule has 0 spiro atoms. The maximum absolute atomic E-state index is 13.0. The van der Waals surface area contributed by atoms with Gasteiger partial charge in [0.2, 0.25) is 29.5 Å². The van der Waals surface area contributed by atoms with Gasteiger partial charge in [0.1, 0.15) is 18.1 Å². The van der Waals surface area contributed by atoms with E-state index in [4.69, 9.17) is 19.1 Å². The minimum atomic E-state index is -1.40. The molecule has 8 N–H and O–H groups in total. The lowest BCUT2D eigenvalue weighted by atomic mass is 10.0. The molecule has 6 atom stereocenters. The van der Waals surface area contributed by atoms with Crippen LogP contribution in [0.25, 0.3) is 10.4 Å². The van der Waals surface area contributed by atoms with Gasteiger partial charge in [-0.25, -0.2) is 9.59 Å². The molecule has 2 fully saturated rings. The molecule has 2 aliphatic heterocycles.